The molecule has 0 amide bonds. The number of aliphatic imine (C=N–C) groups is 2. The maximum atomic E-state index is 4.10. The molecule has 0 aliphatic rings. The van der Waals surface area contributed by atoms with E-state index in [4.69, 9.17) is 0 Å². The summed E-state index contributed by atoms with van der Waals surface area (Å²) in [7, 11) is 0. The molecule has 0 bridgehead atoms. The summed E-state index contributed by atoms with van der Waals surface area (Å²) in [5, 5.41) is 0. The molecule has 2 heteroatoms. The first kappa shape index (κ1) is 13.0. The summed E-state index contributed by atoms with van der Waals surface area (Å²) in [5.41, 5.74) is 0.732. The Labute approximate surface area is 91.5 Å². The third-order valence-electron chi connectivity index (χ3n) is 1.30. The molecule has 78 valence electrons. The van der Waals surface area contributed by atoms with Crippen LogP contribution in [0.2, 0.25) is 0 Å². The van der Waals surface area contributed by atoms with Crippen molar-refractivity contribution in [2.45, 2.75) is 6.92 Å². The van der Waals surface area contributed by atoms with Crippen molar-refractivity contribution in [3.05, 3.63) is 61.5 Å². The Bertz CT molecular complexity index is 328. The van der Waals surface area contributed by atoms with Gasteiger partial charge in [-0.2, -0.15) is 0 Å². The Kier molecular flexibility index (Phi) is 8.80. The van der Waals surface area contributed by atoms with Gasteiger partial charge < -0.3 is 0 Å². The fourth-order valence-electron chi connectivity index (χ4n) is 0.709. The molecule has 0 saturated carbocycles. The molecule has 15 heavy (non-hydrogen) atoms. The van der Waals surface area contributed by atoms with Crippen LogP contribution in [0.4, 0.5) is 0 Å². The van der Waals surface area contributed by atoms with Crippen LogP contribution in [0.3, 0.4) is 0 Å². The van der Waals surface area contributed by atoms with Gasteiger partial charge in [0.2, 0.25) is 0 Å². The SMILES string of the molecule is C=C\C=N/C(=C\C=C)/C=N/C=C\C=C/C. The maximum absolute atomic E-state index is 4.10. The van der Waals surface area contributed by atoms with Crippen molar-refractivity contribution < 1.29 is 0 Å². The Balaban J connectivity index is 4.41. The van der Waals surface area contributed by atoms with Gasteiger partial charge >= 0.3 is 0 Å². The lowest BCUT2D eigenvalue weighted by molar-refractivity contribution is 1.47. The first-order chi connectivity index (χ1) is 7.35. The van der Waals surface area contributed by atoms with Crippen LogP contribution < -0.4 is 0 Å². The normalized spacial score (nSPS) is 13.5. The minimum Gasteiger partial charge on any atom is -0.262 e. The van der Waals surface area contributed by atoms with Crippen LogP contribution in [0.15, 0.2) is 71.5 Å². The highest BCUT2D eigenvalue weighted by molar-refractivity contribution is 5.83. The summed E-state index contributed by atoms with van der Waals surface area (Å²) in [6.45, 7) is 9.09. The highest BCUT2D eigenvalue weighted by Crippen LogP contribution is 1.93. The van der Waals surface area contributed by atoms with E-state index < -0.39 is 0 Å². The van der Waals surface area contributed by atoms with Crippen LogP contribution in [0, 0.1) is 0 Å². The van der Waals surface area contributed by atoms with Gasteiger partial charge in [0, 0.05) is 12.4 Å². The summed E-state index contributed by atoms with van der Waals surface area (Å²) in [5.74, 6) is 0. The zero-order valence-corrected chi connectivity index (χ0v) is 9.00. The van der Waals surface area contributed by atoms with Gasteiger partial charge in [0.15, 0.2) is 0 Å². The van der Waals surface area contributed by atoms with Gasteiger partial charge in [0.25, 0.3) is 0 Å². The van der Waals surface area contributed by atoms with Crippen molar-refractivity contribution in [3.8, 4) is 0 Å². The van der Waals surface area contributed by atoms with Crippen molar-refractivity contribution in [1.82, 2.24) is 0 Å². The number of rotatable bonds is 6. The molecule has 0 spiro atoms. The monoisotopic (exact) mass is 200 g/mol. The zero-order chi connectivity index (χ0) is 11.4. The fraction of sp³-hybridized carbons (Fsp3) is 0.0769. The molecule has 0 aliphatic heterocycles. The van der Waals surface area contributed by atoms with Gasteiger partial charge in [-0.3, -0.25) is 9.98 Å². The van der Waals surface area contributed by atoms with E-state index in [-0.39, 0.29) is 0 Å². The van der Waals surface area contributed by atoms with Crippen molar-refractivity contribution in [3.63, 3.8) is 0 Å². The van der Waals surface area contributed by atoms with Gasteiger partial charge in [-0.15, -0.1) is 0 Å². The van der Waals surface area contributed by atoms with E-state index in [2.05, 4.69) is 23.1 Å². The summed E-state index contributed by atoms with van der Waals surface area (Å²) < 4.78 is 0. The molecular weight excluding hydrogens is 184 g/mol. The molecule has 2 nitrogen and oxygen atoms in total. The zero-order valence-electron chi connectivity index (χ0n) is 9.00. The molecule has 0 atom stereocenters. The third kappa shape index (κ3) is 8.37. The van der Waals surface area contributed by atoms with Crippen molar-refractivity contribution in [2.24, 2.45) is 9.98 Å². The predicted octanol–water partition coefficient (Wildman–Crippen LogP) is 3.47. The molecule has 0 N–H and O–H groups in total. The van der Waals surface area contributed by atoms with Crippen LogP contribution in [0.25, 0.3) is 0 Å². The second kappa shape index (κ2) is 10.1. The number of nitrogens with zero attached hydrogens (tertiary/aromatic N) is 2. The first-order valence-electron chi connectivity index (χ1n) is 4.64. The molecule has 0 aromatic rings. The molecular formula is C13H16N2. The Hall–Kier alpha value is -1.96. The number of hydrogen-bond acceptors (Lipinski definition) is 2. The van der Waals surface area contributed by atoms with Crippen LogP contribution in [0.5, 0.6) is 0 Å². The smallest absolute Gasteiger partial charge is 0.0812 e. The number of allylic oxidation sites excluding steroid dienone is 7. The molecule has 0 unspecified atom stereocenters. The highest BCUT2D eigenvalue weighted by atomic mass is 14.8. The average molecular weight is 200 g/mol. The van der Waals surface area contributed by atoms with E-state index >= 15 is 0 Å². The molecule has 0 aliphatic carbocycles. The second-order valence-electron chi connectivity index (χ2n) is 2.49. The second-order valence-corrected chi connectivity index (χ2v) is 2.49. The van der Waals surface area contributed by atoms with Gasteiger partial charge in [-0.05, 0) is 19.1 Å². The summed E-state index contributed by atoms with van der Waals surface area (Å²) >= 11 is 0. The van der Waals surface area contributed by atoms with Gasteiger partial charge in [-0.25, -0.2) is 0 Å². The lowest BCUT2D eigenvalue weighted by Gasteiger charge is -1.88. The van der Waals surface area contributed by atoms with Gasteiger partial charge in [-0.1, -0.05) is 37.5 Å². The predicted molar refractivity (Wildman–Crippen MR) is 69.4 cm³/mol. The largest absolute Gasteiger partial charge is 0.262 e. The van der Waals surface area contributed by atoms with E-state index in [1.54, 1.807) is 36.9 Å². The van der Waals surface area contributed by atoms with Crippen LogP contribution >= 0.6 is 0 Å². The van der Waals surface area contributed by atoms with Crippen molar-refractivity contribution in [1.29, 1.82) is 0 Å². The molecule has 0 radical (unpaired) electrons. The van der Waals surface area contributed by atoms with Crippen LogP contribution in [-0.4, -0.2) is 12.4 Å². The van der Waals surface area contributed by atoms with E-state index in [1.165, 1.54) is 0 Å². The lowest BCUT2D eigenvalue weighted by Crippen LogP contribution is -1.79. The number of hydrogen-bond donors (Lipinski definition) is 0. The van der Waals surface area contributed by atoms with E-state index in [1.807, 2.05) is 25.2 Å². The van der Waals surface area contributed by atoms with Crippen LogP contribution in [0.1, 0.15) is 6.92 Å². The molecule has 0 saturated heterocycles. The minimum atomic E-state index is 0.732. The van der Waals surface area contributed by atoms with Gasteiger partial charge in [0.1, 0.15) is 0 Å². The van der Waals surface area contributed by atoms with Crippen LogP contribution in [-0.2, 0) is 0 Å². The fourth-order valence-corrected chi connectivity index (χ4v) is 0.709. The maximum Gasteiger partial charge on any atom is 0.0812 e. The van der Waals surface area contributed by atoms with E-state index in [0.717, 1.165) is 5.70 Å². The Morgan fingerprint density at radius 2 is 1.93 bits per heavy atom. The Morgan fingerprint density at radius 3 is 2.53 bits per heavy atom. The van der Waals surface area contributed by atoms with Crippen molar-refractivity contribution in [2.75, 3.05) is 0 Å². The first-order valence-corrected chi connectivity index (χ1v) is 4.64. The molecule has 0 fully saturated rings. The summed E-state index contributed by atoms with van der Waals surface area (Å²) in [6.07, 6.45) is 15.7. The van der Waals surface area contributed by atoms with E-state index in [0.29, 0.717) is 0 Å². The third-order valence-corrected chi connectivity index (χ3v) is 1.30. The quantitative estimate of drug-likeness (QED) is 0.463. The average Bonchev–Trinajstić information content (AvgIpc) is 2.25. The Morgan fingerprint density at radius 1 is 1.13 bits per heavy atom. The summed E-state index contributed by atoms with van der Waals surface area (Å²) in [6, 6.07) is 0. The molecule has 0 aromatic carbocycles. The molecule has 0 rings (SSSR count). The summed E-state index contributed by atoms with van der Waals surface area (Å²) in [4.78, 5) is 8.16. The standard InChI is InChI=1S/C13H16N2/c1-4-7-8-11-14-12-13(9-5-2)15-10-6-3/h4-12H,2-3H2,1H3/b7-4-,11-8-,13-9-,14-12+,15-10-. The lowest BCUT2D eigenvalue weighted by atomic mass is 10.4. The van der Waals surface area contributed by atoms with E-state index in [9.17, 15) is 0 Å². The molecule has 0 heterocycles. The van der Waals surface area contributed by atoms with Crippen molar-refractivity contribution >= 4 is 12.4 Å². The topological polar surface area (TPSA) is 24.7 Å². The van der Waals surface area contributed by atoms with Gasteiger partial charge in [0.05, 0.1) is 11.9 Å². The highest BCUT2D eigenvalue weighted by Gasteiger charge is 1.82. The molecule has 0 aromatic heterocycles. The minimum absolute atomic E-state index is 0.732.